The van der Waals surface area contributed by atoms with Gasteiger partial charge in [-0.25, -0.2) is 13.2 Å². The van der Waals surface area contributed by atoms with Gasteiger partial charge in [-0.1, -0.05) is 91.0 Å². The van der Waals surface area contributed by atoms with E-state index < -0.39 is 27.8 Å². The van der Waals surface area contributed by atoms with Crippen molar-refractivity contribution in [3.8, 4) is 5.75 Å². The second kappa shape index (κ2) is 9.91. The molecule has 0 aromatic heterocycles. The van der Waals surface area contributed by atoms with E-state index in [1.165, 1.54) is 5.41 Å². The van der Waals surface area contributed by atoms with Gasteiger partial charge in [0.2, 0.25) is 0 Å². The number of hydrogen-bond acceptors (Lipinski definition) is 5. The Balaban J connectivity index is 1.80. The molecule has 0 heterocycles. The van der Waals surface area contributed by atoms with Crippen LogP contribution >= 0.6 is 0 Å². The molecule has 34 heavy (non-hydrogen) atoms. The Kier molecular flexibility index (Phi) is 6.77. The summed E-state index contributed by atoms with van der Waals surface area (Å²) in [7, 11) is -3.96. The largest absolute Gasteiger partial charge is 0.481 e. The van der Waals surface area contributed by atoms with Gasteiger partial charge in [-0.15, -0.1) is 0 Å². The SMILES string of the molecule is NC(c1cccc2c(OCC(=O)O)cccc12)S(=O)(=O)C=C(c1ccccc1)c1ccccc1. The molecule has 0 aliphatic carbocycles. The van der Waals surface area contributed by atoms with Crippen LogP contribution in [0.1, 0.15) is 22.1 Å². The molecule has 0 aliphatic rings. The summed E-state index contributed by atoms with van der Waals surface area (Å²) in [4.78, 5) is 10.9. The van der Waals surface area contributed by atoms with E-state index in [4.69, 9.17) is 15.6 Å². The van der Waals surface area contributed by atoms with Crippen LogP contribution in [0.15, 0.2) is 102 Å². The molecule has 6 nitrogen and oxygen atoms in total. The van der Waals surface area contributed by atoms with Crippen LogP contribution in [0.2, 0.25) is 0 Å². The Hall–Kier alpha value is -3.94. The lowest BCUT2D eigenvalue weighted by Gasteiger charge is -2.17. The minimum absolute atomic E-state index is 0.344. The topological polar surface area (TPSA) is 107 Å². The molecule has 0 aliphatic heterocycles. The van der Waals surface area contributed by atoms with E-state index >= 15 is 0 Å². The highest BCUT2D eigenvalue weighted by Crippen LogP contribution is 2.34. The normalized spacial score (nSPS) is 12.1. The summed E-state index contributed by atoms with van der Waals surface area (Å²) in [6.07, 6.45) is 0. The average Bonchev–Trinajstić information content (AvgIpc) is 2.86. The summed E-state index contributed by atoms with van der Waals surface area (Å²) in [6.45, 7) is -0.506. The Labute approximate surface area is 197 Å². The molecule has 0 spiro atoms. The fraction of sp³-hybridized carbons (Fsp3) is 0.0741. The van der Waals surface area contributed by atoms with Gasteiger partial charge < -0.3 is 15.6 Å². The number of ether oxygens (including phenoxy) is 1. The summed E-state index contributed by atoms with van der Waals surface area (Å²) in [5, 5.41) is 9.99. The lowest BCUT2D eigenvalue weighted by Crippen LogP contribution is -2.20. The first-order valence-corrected chi connectivity index (χ1v) is 12.2. The molecule has 0 saturated carbocycles. The zero-order valence-electron chi connectivity index (χ0n) is 18.2. The molecular formula is C27H23NO5S. The summed E-state index contributed by atoms with van der Waals surface area (Å²) in [5.74, 6) is -0.761. The van der Waals surface area contributed by atoms with Crippen LogP contribution in [0.25, 0.3) is 16.3 Å². The zero-order valence-corrected chi connectivity index (χ0v) is 19.0. The fourth-order valence-electron chi connectivity index (χ4n) is 3.77. The van der Waals surface area contributed by atoms with Gasteiger partial charge in [0.1, 0.15) is 11.1 Å². The van der Waals surface area contributed by atoms with Crippen LogP contribution in [0.3, 0.4) is 0 Å². The van der Waals surface area contributed by atoms with Gasteiger partial charge in [0, 0.05) is 16.4 Å². The van der Waals surface area contributed by atoms with Gasteiger partial charge in [-0.3, -0.25) is 0 Å². The second-order valence-corrected chi connectivity index (χ2v) is 9.58. The first-order chi connectivity index (χ1) is 16.4. The molecule has 0 amide bonds. The maximum atomic E-state index is 13.5. The minimum atomic E-state index is -3.96. The predicted octanol–water partition coefficient (Wildman–Crippen LogP) is 4.76. The van der Waals surface area contributed by atoms with E-state index in [1.54, 1.807) is 36.4 Å². The number of nitrogens with two attached hydrogens (primary N) is 1. The third-order valence-electron chi connectivity index (χ3n) is 5.38. The van der Waals surface area contributed by atoms with E-state index in [2.05, 4.69) is 0 Å². The van der Waals surface area contributed by atoms with Crippen molar-refractivity contribution in [1.29, 1.82) is 0 Å². The van der Waals surface area contributed by atoms with Crippen molar-refractivity contribution in [2.24, 2.45) is 5.73 Å². The highest BCUT2D eigenvalue weighted by Gasteiger charge is 2.25. The smallest absolute Gasteiger partial charge is 0.341 e. The highest BCUT2D eigenvalue weighted by molar-refractivity contribution is 7.94. The maximum Gasteiger partial charge on any atom is 0.341 e. The van der Waals surface area contributed by atoms with Crippen LogP contribution in [-0.4, -0.2) is 26.1 Å². The lowest BCUT2D eigenvalue weighted by atomic mass is 10.00. The summed E-state index contributed by atoms with van der Waals surface area (Å²) in [5.41, 5.74) is 8.80. The molecule has 4 rings (SSSR count). The third kappa shape index (κ3) is 5.01. The van der Waals surface area contributed by atoms with E-state index in [1.807, 2.05) is 60.7 Å². The van der Waals surface area contributed by atoms with Crippen LogP contribution in [0.4, 0.5) is 0 Å². The van der Waals surface area contributed by atoms with Crippen molar-refractivity contribution in [2.45, 2.75) is 5.37 Å². The molecule has 7 heteroatoms. The van der Waals surface area contributed by atoms with Crippen LogP contribution < -0.4 is 10.5 Å². The third-order valence-corrected chi connectivity index (χ3v) is 6.91. The first-order valence-electron chi connectivity index (χ1n) is 10.5. The van der Waals surface area contributed by atoms with Crippen molar-refractivity contribution in [3.63, 3.8) is 0 Å². The van der Waals surface area contributed by atoms with E-state index in [9.17, 15) is 13.2 Å². The molecule has 1 atom stereocenters. The number of aliphatic carboxylic acids is 1. The number of carboxylic acid groups (broad SMARTS) is 1. The minimum Gasteiger partial charge on any atom is -0.481 e. The molecule has 0 saturated heterocycles. The number of hydrogen-bond donors (Lipinski definition) is 2. The second-order valence-electron chi connectivity index (χ2n) is 7.65. The number of rotatable bonds is 8. The van der Waals surface area contributed by atoms with Crippen molar-refractivity contribution in [2.75, 3.05) is 6.61 Å². The number of fused-ring (bicyclic) bond motifs is 1. The van der Waals surface area contributed by atoms with Gasteiger partial charge >= 0.3 is 5.97 Å². The monoisotopic (exact) mass is 473 g/mol. The van der Waals surface area contributed by atoms with Crippen LogP contribution in [0.5, 0.6) is 5.75 Å². The molecule has 172 valence electrons. The van der Waals surface area contributed by atoms with E-state index in [0.29, 0.717) is 27.7 Å². The molecule has 0 fully saturated rings. The lowest BCUT2D eigenvalue weighted by molar-refractivity contribution is -0.139. The van der Waals surface area contributed by atoms with Crippen LogP contribution in [0, 0.1) is 0 Å². The molecule has 3 N–H and O–H groups in total. The van der Waals surface area contributed by atoms with Gasteiger partial charge in [0.25, 0.3) is 0 Å². The zero-order chi connectivity index (χ0) is 24.1. The quantitative estimate of drug-likeness (QED) is 0.382. The predicted molar refractivity (Wildman–Crippen MR) is 133 cm³/mol. The van der Waals surface area contributed by atoms with Gasteiger partial charge in [0.15, 0.2) is 16.4 Å². The van der Waals surface area contributed by atoms with Crippen molar-refractivity contribution >= 4 is 32.2 Å². The molecule has 0 bridgehead atoms. The number of carbonyl (C=O) groups is 1. The number of benzene rings is 4. The maximum absolute atomic E-state index is 13.5. The molecule has 1 unspecified atom stereocenters. The molecule has 0 radical (unpaired) electrons. The van der Waals surface area contributed by atoms with Gasteiger partial charge in [-0.2, -0.15) is 0 Å². The molecule has 4 aromatic rings. The standard InChI is InChI=1S/C27H23NO5S/c28-27(23-15-7-14-22-21(23)13-8-16-25(22)33-17-26(29)30)34(31,32)18-24(19-9-3-1-4-10-19)20-11-5-2-6-12-20/h1-16,18,27H,17,28H2,(H,29,30). The van der Waals surface area contributed by atoms with Crippen molar-refractivity contribution < 1.29 is 23.1 Å². The Morgan fingerprint density at radius 3 is 1.97 bits per heavy atom. The molecular weight excluding hydrogens is 450 g/mol. The Bertz CT molecular complexity index is 1410. The van der Waals surface area contributed by atoms with Crippen LogP contribution in [-0.2, 0) is 14.6 Å². The summed E-state index contributed by atoms with van der Waals surface area (Å²) < 4.78 is 32.4. The average molecular weight is 474 g/mol. The first kappa shape index (κ1) is 23.2. The van der Waals surface area contributed by atoms with E-state index in [0.717, 1.165) is 11.1 Å². The number of carboxylic acids is 1. The fourth-order valence-corrected chi connectivity index (χ4v) is 5.08. The summed E-state index contributed by atoms with van der Waals surface area (Å²) in [6, 6.07) is 28.7. The van der Waals surface area contributed by atoms with Crippen molar-refractivity contribution in [1.82, 2.24) is 0 Å². The van der Waals surface area contributed by atoms with Crippen molar-refractivity contribution in [3.05, 3.63) is 119 Å². The Morgan fingerprint density at radius 1 is 0.824 bits per heavy atom. The highest BCUT2D eigenvalue weighted by atomic mass is 32.2. The van der Waals surface area contributed by atoms with E-state index in [-0.39, 0.29) is 0 Å². The number of sulfone groups is 1. The Morgan fingerprint density at radius 2 is 1.38 bits per heavy atom. The van der Waals surface area contributed by atoms with Gasteiger partial charge in [0.05, 0.1) is 0 Å². The summed E-state index contributed by atoms with van der Waals surface area (Å²) >= 11 is 0. The molecule has 4 aromatic carbocycles. The van der Waals surface area contributed by atoms with Gasteiger partial charge in [-0.05, 0) is 28.1 Å².